The summed E-state index contributed by atoms with van der Waals surface area (Å²) in [4.78, 5) is 23.0. The quantitative estimate of drug-likeness (QED) is 0.214. The molecule has 0 aliphatic carbocycles. The fourth-order valence-electron chi connectivity index (χ4n) is 1.17. The zero-order chi connectivity index (χ0) is 13.9. The van der Waals surface area contributed by atoms with Crippen LogP contribution < -0.4 is 0 Å². The number of carbonyl (C=O) groups is 2. The van der Waals surface area contributed by atoms with Gasteiger partial charge in [-0.15, -0.1) is 0 Å². The lowest BCUT2D eigenvalue weighted by Gasteiger charge is -2.06. The van der Waals surface area contributed by atoms with Crippen molar-refractivity contribution >= 4 is 27.7 Å². The third-order valence-electron chi connectivity index (χ3n) is 2.05. The third-order valence-corrected chi connectivity index (χ3v) is 2.66. The average Bonchev–Trinajstić information content (AvgIpc) is 2.32. The smallest absolute Gasteiger partial charge is 0.341 e. The predicted molar refractivity (Wildman–Crippen MR) is 64.2 cm³/mol. The number of ether oxygens (including phenoxy) is 1. The van der Waals surface area contributed by atoms with Crippen molar-refractivity contribution in [3.63, 3.8) is 0 Å². The van der Waals surface area contributed by atoms with Crippen LogP contribution in [0.15, 0.2) is 28.8 Å². The van der Waals surface area contributed by atoms with Gasteiger partial charge in [-0.05, 0) is 28.9 Å². The second kappa shape index (κ2) is 5.86. The van der Waals surface area contributed by atoms with Crippen molar-refractivity contribution in [2.75, 3.05) is 6.61 Å². The van der Waals surface area contributed by atoms with Gasteiger partial charge >= 0.3 is 5.97 Å². The molecule has 18 heavy (non-hydrogen) atoms. The van der Waals surface area contributed by atoms with E-state index in [0.717, 1.165) is 6.07 Å². The Morgan fingerprint density at radius 3 is 2.50 bits per heavy atom. The Morgan fingerprint density at radius 1 is 1.33 bits per heavy atom. The molecule has 0 heterocycles. The molecular formula is C12H9BrF2O3. The number of halogens is 3. The zero-order valence-corrected chi connectivity index (χ0v) is 11.0. The van der Waals surface area contributed by atoms with Crippen molar-refractivity contribution in [1.82, 2.24) is 0 Å². The maximum atomic E-state index is 13.4. The van der Waals surface area contributed by atoms with Crippen LogP contribution in [0.1, 0.15) is 17.3 Å². The minimum absolute atomic E-state index is 0.0702. The maximum Gasteiger partial charge on any atom is 0.341 e. The lowest BCUT2D eigenvalue weighted by atomic mass is 10.0. The standard InChI is InChI=1S/C12H9BrF2O3/c1-3-18-12(17)6(2)11(16)7-4-8(13)10(15)5-9(7)14/h4-5H,2-3H2,1H3. The van der Waals surface area contributed by atoms with Crippen molar-refractivity contribution in [2.24, 2.45) is 0 Å². The number of carbonyl (C=O) groups excluding carboxylic acids is 2. The lowest BCUT2D eigenvalue weighted by Crippen LogP contribution is -2.16. The number of ketones is 1. The van der Waals surface area contributed by atoms with Crippen molar-refractivity contribution in [2.45, 2.75) is 6.92 Å². The Labute approximate surface area is 111 Å². The summed E-state index contributed by atoms with van der Waals surface area (Å²) >= 11 is 2.83. The molecule has 0 unspecified atom stereocenters. The van der Waals surface area contributed by atoms with E-state index in [0.29, 0.717) is 6.07 Å². The molecule has 0 bridgehead atoms. The molecule has 1 rings (SSSR count). The van der Waals surface area contributed by atoms with Gasteiger partial charge < -0.3 is 4.74 Å². The van der Waals surface area contributed by atoms with Gasteiger partial charge in [0, 0.05) is 6.07 Å². The van der Waals surface area contributed by atoms with Crippen molar-refractivity contribution in [3.05, 3.63) is 46.0 Å². The van der Waals surface area contributed by atoms with Crippen LogP contribution in [-0.2, 0) is 9.53 Å². The van der Waals surface area contributed by atoms with Crippen LogP contribution in [0.4, 0.5) is 8.78 Å². The molecule has 0 spiro atoms. The van der Waals surface area contributed by atoms with Gasteiger partial charge in [-0.25, -0.2) is 13.6 Å². The summed E-state index contributed by atoms with van der Waals surface area (Å²) in [5.41, 5.74) is -0.949. The zero-order valence-electron chi connectivity index (χ0n) is 9.43. The molecule has 6 heteroatoms. The fraction of sp³-hybridized carbons (Fsp3) is 0.167. The van der Waals surface area contributed by atoms with E-state index in [-0.39, 0.29) is 11.1 Å². The summed E-state index contributed by atoms with van der Waals surface area (Å²) in [7, 11) is 0. The third kappa shape index (κ3) is 3.01. The van der Waals surface area contributed by atoms with Gasteiger partial charge in [0.25, 0.3) is 0 Å². The predicted octanol–water partition coefficient (Wildman–Crippen LogP) is 3.03. The van der Waals surface area contributed by atoms with Gasteiger partial charge in [-0.2, -0.15) is 0 Å². The molecule has 0 saturated heterocycles. The molecule has 0 aliphatic rings. The molecule has 3 nitrogen and oxygen atoms in total. The first-order valence-corrected chi connectivity index (χ1v) is 5.73. The van der Waals surface area contributed by atoms with E-state index >= 15 is 0 Å². The van der Waals surface area contributed by atoms with Crippen LogP contribution in [-0.4, -0.2) is 18.4 Å². The molecule has 0 aromatic heterocycles. The highest BCUT2D eigenvalue weighted by Crippen LogP contribution is 2.22. The molecule has 1 aromatic carbocycles. The Hall–Kier alpha value is -1.56. The van der Waals surface area contributed by atoms with E-state index in [1.165, 1.54) is 0 Å². The highest BCUT2D eigenvalue weighted by atomic mass is 79.9. The van der Waals surface area contributed by atoms with E-state index in [9.17, 15) is 18.4 Å². The minimum Gasteiger partial charge on any atom is -0.462 e. The Balaban J connectivity index is 3.08. The highest BCUT2D eigenvalue weighted by Gasteiger charge is 2.22. The summed E-state index contributed by atoms with van der Waals surface area (Å²) < 4.78 is 30.9. The molecule has 0 atom stereocenters. The van der Waals surface area contributed by atoms with E-state index < -0.39 is 34.5 Å². The topological polar surface area (TPSA) is 43.4 Å². The molecule has 1 aromatic rings. The molecule has 96 valence electrons. The molecule has 0 N–H and O–H groups in total. The molecular weight excluding hydrogens is 310 g/mol. The van der Waals surface area contributed by atoms with Crippen LogP contribution in [0, 0.1) is 11.6 Å². The summed E-state index contributed by atoms with van der Waals surface area (Å²) in [6.45, 7) is 4.87. The van der Waals surface area contributed by atoms with Gasteiger partial charge in [0.05, 0.1) is 16.6 Å². The summed E-state index contributed by atoms with van der Waals surface area (Å²) in [6.07, 6.45) is 0. The van der Waals surface area contributed by atoms with E-state index in [1.54, 1.807) is 6.92 Å². The van der Waals surface area contributed by atoms with Gasteiger partial charge in [0.15, 0.2) is 0 Å². The molecule has 0 aliphatic heterocycles. The van der Waals surface area contributed by atoms with Crippen LogP contribution in [0.5, 0.6) is 0 Å². The number of Topliss-reactive ketones (excluding diaryl/α,β-unsaturated/α-hetero) is 1. The first-order valence-electron chi connectivity index (χ1n) is 4.93. The molecule has 0 fully saturated rings. The highest BCUT2D eigenvalue weighted by molar-refractivity contribution is 9.10. The maximum absolute atomic E-state index is 13.4. The number of hydrogen-bond donors (Lipinski definition) is 0. The van der Waals surface area contributed by atoms with Crippen molar-refractivity contribution in [3.8, 4) is 0 Å². The van der Waals surface area contributed by atoms with Gasteiger partial charge in [0.1, 0.15) is 17.2 Å². The summed E-state index contributed by atoms with van der Waals surface area (Å²) in [6, 6.07) is 1.51. The van der Waals surface area contributed by atoms with Gasteiger partial charge in [-0.1, -0.05) is 6.58 Å². The van der Waals surface area contributed by atoms with Crippen LogP contribution in [0.25, 0.3) is 0 Å². The Bertz CT molecular complexity index is 526. The molecule has 0 saturated carbocycles. The largest absolute Gasteiger partial charge is 0.462 e. The van der Waals surface area contributed by atoms with Crippen molar-refractivity contribution in [1.29, 1.82) is 0 Å². The van der Waals surface area contributed by atoms with Crippen LogP contribution in [0.3, 0.4) is 0 Å². The number of hydrogen-bond acceptors (Lipinski definition) is 3. The Kier molecular flexibility index (Phi) is 4.72. The molecule has 0 radical (unpaired) electrons. The number of esters is 1. The minimum atomic E-state index is -1.06. The SMILES string of the molecule is C=C(C(=O)OCC)C(=O)c1cc(Br)c(F)cc1F. The van der Waals surface area contributed by atoms with Crippen LogP contribution >= 0.6 is 15.9 Å². The van der Waals surface area contributed by atoms with Gasteiger partial charge in [-0.3, -0.25) is 4.79 Å². The Morgan fingerprint density at radius 2 is 1.94 bits per heavy atom. The summed E-state index contributed by atoms with van der Waals surface area (Å²) in [5.74, 6) is -3.77. The van der Waals surface area contributed by atoms with Crippen molar-refractivity contribution < 1.29 is 23.1 Å². The number of rotatable bonds is 4. The average molecular weight is 319 g/mol. The van der Waals surface area contributed by atoms with Gasteiger partial charge in [0.2, 0.25) is 5.78 Å². The summed E-state index contributed by atoms with van der Waals surface area (Å²) in [5, 5.41) is 0. The number of benzene rings is 1. The lowest BCUT2D eigenvalue weighted by molar-refractivity contribution is -0.138. The fourth-order valence-corrected chi connectivity index (χ4v) is 1.51. The molecule has 0 amide bonds. The first-order chi connectivity index (χ1) is 8.38. The van der Waals surface area contributed by atoms with E-state index in [2.05, 4.69) is 27.2 Å². The van der Waals surface area contributed by atoms with E-state index in [1.807, 2.05) is 0 Å². The first kappa shape index (κ1) is 14.5. The van der Waals surface area contributed by atoms with E-state index in [4.69, 9.17) is 0 Å². The second-order valence-corrected chi connectivity index (χ2v) is 4.13. The monoisotopic (exact) mass is 318 g/mol. The van der Waals surface area contributed by atoms with Crippen LogP contribution in [0.2, 0.25) is 0 Å². The second-order valence-electron chi connectivity index (χ2n) is 3.27. The normalized spacial score (nSPS) is 10.0.